The molecule has 1 aliphatic carbocycles. The number of hydrogen-bond donors (Lipinski definition) is 2. The van der Waals surface area contributed by atoms with Gasteiger partial charge in [0.25, 0.3) is 0 Å². The van der Waals surface area contributed by atoms with Crippen LogP contribution in [0.15, 0.2) is 0 Å². The Bertz CT molecular complexity index is 322. The SMILES string of the molecule is NCCCCCCC(=O)N1CCC2(O)CCCCC2C1. The number of piperidine rings is 1. The first-order valence-electron chi connectivity index (χ1n) is 8.36. The van der Waals surface area contributed by atoms with Gasteiger partial charge in [-0.05, 0) is 38.6 Å². The van der Waals surface area contributed by atoms with E-state index in [2.05, 4.69) is 0 Å². The molecule has 0 spiro atoms. The molecule has 1 amide bonds. The van der Waals surface area contributed by atoms with Gasteiger partial charge in [0.05, 0.1) is 5.60 Å². The number of carbonyl (C=O) groups excluding carboxylic acids is 1. The summed E-state index contributed by atoms with van der Waals surface area (Å²) in [5.41, 5.74) is 4.99. The minimum Gasteiger partial charge on any atom is -0.389 e. The minimum absolute atomic E-state index is 0.283. The highest BCUT2D eigenvalue weighted by atomic mass is 16.3. The smallest absolute Gasteiger partial charge is 0.222 e. The van der Waals surface area contributed by atoms with Crippen LogP contribution in [0.25, 0.3) is 0 Å². The summed E-state index contributed by atoms with van der Waals surface area (Å²) in [4.78, 5) is 14.2. The Morgan fingerprint density at radius 2 is 2.00 bits per heavy atom. The van der Waals surface area contributed by atoms with Gasteiger partial charge in [-0.1, -0.05) is 25.7 Å². The molecule has 2 unspecified atom stereocenters. The van der Waals surface area contributed by atoms with Gasteiger partial charge in [0.1, 0.15) is 0 Å². The largest absolute Gasteiger partial charge is 0.389 e. The van der Waals surface area contributed by atoms with Crippen LogP contribution in [-0.4, -0.2) is 41.1 Å². The van der Waals surface area contributed by atoms with E-state index in [-0.39, 0.29) is 5.91 Å². The molecular weight excluding hydrogens is 252 g/mol. The first-order valence-corrected chi connectivity index (χ1v) is 8.36. The summed E-state index contributed by atoms with van der Waals surface area (Å²) in [5, 5.41) is 10.6. The zero-order chi connectivity index (χ0) is 14.4. The lowest BCUT2D eigenvalue weighted by Gasteiger charge is -2.47. The number of rotatable bonds is 6. The van der Waals surface area contributed by atoms with E-state index in [0.29, 0.717) is 12.3 Å². The first-order chi connectivity index (χ1) is 9.65. The molecule has 2 rings (SSSR count). The summed E-state index contributed by atoms with van der Waals surface area (Å²) < 4.78 is 0. The third-order valence-electron chi connectivity index (χ3n) is 5.13. The van der Waals surface area contributed by atoms with Crippen molar-refractivity contribution in [1.29, 1.82) is 0 Å². The van der Waals surface area contributed by atoms with Crippen molar-refractivity contribution in [3.8, 4) is 0 Å². The van der Waals surface area contributed by atoms with Gasteiger partial charge in [-0.3, -0.25) is 4.79 Å². The molecule has 2 aliphatic rings. The van der Waals surface area contributed by atoms with E-state index in [1.807, 2.05) is 4.90 Å². The van der Waals surface area contributed by atoms with E-state index in [4.69, 9.17) is 5.73 Å². The van der Waals surface area contributed by atoms with Gasteiger partial charge in [0, 0.05) is 25.4 Å². The quantitative estimate of drug-likeness (QED) is 0.733. The maximum atomic E-state index is 12.2. The van der Waals surface area contributed by atoms with Crippen molar-refractivity contribution in [1.82, 2.24) is 4.90 Å². The Labute approximate surface area is 122 Å². The highest BCUT2D eigenvalue weighted by Gasteiger charge is 2.43. The molecule has 2 fully saturated rings. The Hall–Kier alpha value is -0.610. The number of hydrogen-bond acceptors (Lipinski definition) is 3. The fourth-order valence-corrected chi connectivity index (χ4v) is 3.73. The van der Waals surface area contributed by atoms with Crippen molar-refractivity contribution in [3.05, 3.63) is 0 Å². The van der Waals surface area contributed by atoms with Crippen molar-refractivity contribution in [2.24, 2.45) is 11.7 Å². The molecule has 0 aromatic carbocycles. The molecule has 116 valence electrons. The normalized spacial score (nSPS) is 30.1. The predicted molar refractivity (Wildman–Crippen MR) is 80.2 cm³/mol. The van der Waals surface area contributed by atoms with Crippen molar-refractivity contribution < 1.29 is 9.90 Å². The number of fused-ring (bicyclic) bond motifs is 1. The molecule has 4 heteroatoms. The summed E-state index contributed by atoms with van der Waals surface area (Å²) >= 11 is 0. The molecule has 4 nitrogen and oxygen atoms in total. The molecule has 1 saturated heterocycles. The monoisotopic (exact) mass is 282 g/mol. The van der Waals surface area contributed by atoms with E-state index in [1.165, 1.54) is 6.42 Å². The van der Waals surface area contributed by atoms with Crippen LogP contribution >= 0.6 is 0 Å². The molecule has 20 heavy (non-hydrogen) atoms. The molecule has 1 heterocycles. The number of nitrogens with two attached hydrogens (primary N) is 1. The van der Waals surface area contributed by atoms with Gasteiger partial charge in [-0.15, -0.1) is 0 Å². The summed E-state index contributed by atoms with van der Waals surface area (Å²) in [6.45, 7) is 2.27. The van der Waals surface area contributed by atoms with E-state index >= 15 is 0 Å². The number of likely N-dealkylation sites (tertiary alicyclic amines) is 1. The van der Waals surface area contributed by atoms with Crippen molar-refractivity contribution in [2.75, 3.05) is 19.6 Å². The maximum absolute atomic E-state index is 12.2. The molecule has 3 N–H and O–H groups in total. The van der Waals surface area contributed by atoms with E-state index in [1.54, 1.807) is 0 Å². The van der Waals surface area contributed by atoms with Crippen LogP contribution in [0.1, 0.15) is 64.2 Å². The van der Waals surface area contributed by atoms with Gasteiger partial charge in [0.2, 0.25) is 5.91 Å². The fraction of sp³-hybridized carbons (Fsp3) is 0.938. The van der Waals surface area contributed by atoms with Gasteiger partial charge in [-0.25, -0.2) is 0 Å². The first kappa shape index (κ1) is 15.8. The maximum Gasteiger partial charge on any atom is 0.222 e. The average Bonchev–Trinajstić information content (AvgIpc) is 2.46. The predicted octanol–water partition coefficient (Wildman–Crippen LogP) is 2.05. The summed E-state index contributed by atoms with van der Waals surface area (Å²) in [6, 6.07) is 0. The highest BCUT2D eigenvalue weighted by Crippen LogP contribution is 2.39. The number of amides is 1. The van der Waals surface area contributed by atoms with Crippen LogP contribution in [0.3, 0.4) is 0 Å². The summed E-state index contributed by atoms with van der Waals surface area (Å²) in [5.74, 6) is 0.594. The van der Waals surface area contributed by atoms with E-state index < -0.39 is 5.60 Å². The van der Waals surface area contributed by atoms with Crippen molar-refractivity contribution in [3.63, 3.8) is 0 Å². The number of nitrogens with zero attached hydrogens (tertiary/aromatic N) is 1. The van der Waals surface area contributed by atoms with Gasteiger partial charge in [0.15, 0.2) is 0 Å². The van der Waals surface area contributed by atoms with Crippen LogP contribution in [0.4, 0.5) is 0 Å². The fourth-order valence-electron chi connectivity index (χ4n) is 3.73. The van der Waals surface area contributed by atoms with E-state index in [0.717, 1.165) is 71.0 Å². The topological polar surface area (TPSA) is 66.6 Å². The molecule has 0 aromatic rings. The van der Waals surface area contributed by atoms with Crippen molar-refractivity contribution in [2.45, 2.75) is 69.8 Å². The van der Waals surface area contributed by atoms with Crippen LogP contribution in [0, 0.1) is 5.92 Å². The zero-order valence-electron chi connectivity index (χ0n) is 12.6. The van der Waals surface area contributed by atoms with Gasteiger partial charge < -0.3 is 15.7 Å². The lowest BCUT2D eigenvalue weighted by Crippen LogP contribution is -2.54. The minimum atomic E-state index is -0.476. The Kier molecular flexibility index (Phi) is 5.85. The standard InChI is InChI=1S/C16H30N2O2/c17-11-6-2-1-3-8-15(19)18-12-10-16(20)9-5-4-7-14(16)13-18/h14,20H,1-13,17H2. The third kappa shape index (κ3) is 3.95. The summed E-state index contributed by atoms with van der Waals surface area (Å²) in [6.07, 6.45) is 10.1. The molecule has 1 aliphatic heterocycles. The highest BCUT2D eigenvalue weighted by molar-refractivity contribution is 5.76. The Morgan fingerprint density at radius 3 is 2.80 bits per heavy atom. The number of carbonyl (C=O) groups is 1. The van der Waals surface area contributed by atoms with E-state index in [9.17, 15) is 9.90 Å². The lowest BCUT2D eigenvalue weighted by atomic mass is 9.71. The molecule has 0 aromatic heterocycles. The molecule has 1 saturated carbocycles. The average molecular weight is 282 g/mol. The Morgan fingerprint density at radius 1 is 1.20 bits per heavy atom. The van der Waals surface area contributed by atoms with Gasteiger partial charge in [-0.2, -0.15) is 0 Å². The van der Waals surface area contributed by atoms with Gasteiger partial charge >= 0.3 is 0 Å². The molecular formula is C16H30N2O2. The second-order valence-electron chi connectivity index (χ2n) is 6.59. The van der Waals surface area contributed by atoms with Crippen LogP contribution in [0.5, 0.6) is 0 Å². The number of unbranched alkanes of at least 4 members (excludes halogenated alkanes) is 3. The molecule has 2 atom stereocenters. The second kappa shape index (κ2) is 7.41. The number of aliphatic hydroxyl groups is 1. The zero-order valence-corrected chi connectivity index (χ0v) is 12.6. The lowest BCUT2D eigenvalue weighted by molar-refractivity contribution is -0.143. The molecule has 0 radical (unpaired) electrons. The van der Waals surface area contributed by atoms with Crippen molar-refractivity contribution >= 4 is 5.91 Å². The second-order valence-corrected chi connectivity index (χ2v) is 6.59. The molecule has 0 bridgehead atoms. The Balaban J connectivity index is 1.72. The van der Waals surface area contributed by atoms with Crippen LogP contribution in [-0.2, 0) is 4.79 Å². The van der Waals surface area contributed by atoms with Crippen LogP contribution in [0.2, 0.25) is 0 Å². The third-order valence-corrected chi connectivity index (χ3v) is 5.13. The van der Waals surface area contributed by atoms with Crippen LogP contribution < -0.4 is 5.73 Å². The summed E-state index contributed by atoms with van der Waals surface area (Å²) in [7, 11) is 0.